The number of ketones is 1. The molecular weight excluding hydrogens is 233 g/mol. The predicted octanol–water partition coefficient (Wildman–Crippen LogP) is 2.89. The van der Waals surface area contributed by atoms with Gasteiger partial charge in [-0.05, 0) is 19.1 Å². The van der Waals surface area contributed by atoms with Crippen LogP contribution in [0.2, 0.25) is 0 Å². The molecule has 1 heterocycles. The highest BCUT2D eigenvalue weighted by Gasteiger charge is 2.06. The summed E-state index contributed by atoms with van der Waals surface area (Å²) in [5.74, 6) is 0.185. The molecule has 0 bridgehead atoms. The van der Waals surface area contributed by atoms with Gasteiger partial charge in [-0.2, -0.15) is 0 Å². The van der Waals surface area contributed by atoms with Crippen molar-refractivity contribution in [2.24, 2.45) is 0 Å². The van der Waals surface area contributed by atoms with E-state index in [-0.39, 0.29) is 11.6 Å². The Bertz CT molecular complexity index is 575. The lowest BCUT2D eigenvalue weighted by atomic mass is 10.2. The van der Waals surface area contributed by atoms with Crippen LogP contribution in [0.15, 0.2) is 36.7 Å². The molecular formula is C14H14FNO2. The summed E-state index contributed by atoms with van der Waals surface area (Å²) in [5.41, 5.74) is 1.19. The Morgan fingerprint density at radius 1 is 1.39 bits per heavy atom. The molecule has 1 aromatic carbocycles. The van der Waals surface area contributed by atoms with Crippen molar-refractivity contribution in [2.45, 2.75) is 13.5 Å². The largest absolute Gasteiger partial charge is 0.497 e. The Labute approximate surface area is 105 Å². The molecule has 2 aromatic rings. The van der Waals surface area contributed by atoms with Crippen LogP contribution in [0.3, 0.4) is 0 Å². The fourth-order valence-corrected chi connectivity index (χ4v) is 1.73. The molecule has 0 saturated heterocycles. The summed E-state index contributed by atoms with van der Waals surface area (Å²) in [6, 6.07) is 6.48. The molecule has 0 amide bonds. The van der Waals surface area contributed by atoms with Gasteiger partial charge in [0.1, 0.15) is 11.6 Å². The third-order valence-corrected chi connectivity index (χ3v) is 2.77. The van der Waals surface area contributed by atoms with E-state index in [4.69, 9.17) is 4.74 Å². The molecule has 0 atom stereocenters. The maximum absolute atomic E-state index is 13.7. The van der Waals surface area contributed by atoms with Gasteiger partial charge >= 0.3 is 0 Å². The molecule has 0 fully saturated rings. The number of carbonyl (C=O) groups excluding carboxylic acids is 1. The Hall–Kier alpha value is -2.10. The highest BCUT2D eigenvalue weighted by atomic mass is 19.1. The van der Waals surface area contributed by atoms with Crippen LogP contribution < -0.4 is 4.74 Å². The summed E-state index contributed by atoms with van der Waals surface area (Å²) in [7, 11) is 1.50. The van der Waals surface area contributed by atoms with E-state index in [1.54, 1.807) is 35.2 Å². The summed E-state index contributed by atoms with van der Waals surface area (Å²) in [6.45, 7) is 1.90. The van der Waals surface area contributed by atoms with Crippen LogP contribution in [0.4, 0.5) is 4.39 Å². The van der Waals surface area contributed by atoms with Crippen molar-refractivity contribution in [1.29, 1.82) is 0 Å². The zero-order valence-electron chi connectivity index (χ0n) is 10.3. The van der Waals surface area contributed by atoms with Crippen molar-refractivity contribution in [3.63, 3.8) is 0 Å². The van der Waals surface area contributed by atoms with E-state index < -0.39 is 0 Å². The van der Waals surface area contributed by atoms with E-state index >= 15 is 0 Å². The van der Waals surface area contributed by atoms with Crippen molar-refractivity contribution in [3.8, 4) is 5.75 Å². The summed E-state index contributed by atoms with van der Waals surface area (Å²) in [5, 5.41) is 0. The maximum atomic E-state index is 13.7. The lowest BCUT2D eigenvalue weighted by Gasteiger charge is -2.06. The van der Waals surface area contributed by atoms with Gasteiger partial charge in [-0.1, -0.05) is 6.07 Å². The molecule has 4 heteroatoms. The van der Waals surface area contributed by atoms with Gasteiger partial charge in [0.05, 0.1) is 7.11 Å². The monoisotopic (exact) mass is 247 g/mol. The molecule has 94 valence electrons. The summed E-state index contributed by atoms with van der Waals surface area (Å²) in [6.07, 6.45) is 3.48. The summed E-state index contributed by atoms with van der Waals surface area (Å²) in [4.78, 5) is 11.2. The van der Waals surface area contributed by atoms with Crippen LogP contribution >= 0.6 is 0 Å². The number of halogens is 1. The number of aromatic nitrogens is 1. The maximum Gasteiger partial charge on any atom is 0.161 e. The van der Waals surface area contributed by atoms with Crippen molar-refractivity contribution >= 4 is 5.78 Å². The van der Waals surface area contributed by atoms with E-state index in [0.29, 0.717) is 23.4 Å². The van der Waals surface area contributed by atoms with Gasteiger partial charge in [-0.25, -0.2) is 4.39 Å². The number of methoxy groups -OCH3 is 1. The van der Waals surface area contributed by atoms with Gasteiger partial charge in [-0.15, -0.1) is 0 Å². The number of rotatable bonds is 4. The first-order valence-electron chi connectivity index (χ1n) is 5.59. The first kappa shape index (κ1) is 12.4. The quantitative estimate of drug-likeness (QED) is 0.778. The lowest BCUT2D eigenvalue weighted by molar-refractivity contribution is 0.101. The summed E-state index contributed by atoms with van der Waals surface area (Å²) < 4.78 is 20.5. The minimum absolute atomic E-state index is 0.00366. The fraction of sp³-hybridized carbons (Fsp3) is 0.214. The van der Waals surface area contributed by atoms with Gasteiger partial charge in [0.2, 0.25) is 0 Å². The number of hydrogen-bond donors (Lipinski definition) is 0. The second kappa shape index (κ2) is 5.04. The Balaban J connectivity index is 2.20. The molecule has 0 radical (unpaired) electrons. The molecule has 0 aliphatic rings. The molecule has 18 heavy (non-hydrogen) atoms. The minimum Gasteiger partial charge on any atom is -0.497 e. The number of Topliss-reactive ketones (excluding diaryl/α,β-unsaturated/α-hetero) is 1. The molecule has 0 aliphatic carbocycles. The van der Waals surface area contributed by atoms with E-state index in [9.17, 15) is 9.18 Å². The van der Waals surface area contributed by atoms with E-state index in [0.717, 1.165) is 0 Å². The highest BCUT2D eigenvalue weighted by Crippen LogP contribution is 2.17. The Kier molecular flexibility index (Phi) is 3.46. The zero-order chi connectivity index (χ0) is 13.1. The normalized spacial score (nSPS) is 10.4. The van der Waals surface area contributed by atoms with Crippen molar-refractivity contribution in [3.05, 3.63) is 53.6 Å². The molecule has 0 saturated carbocycles. The molecule has 0 aliphatic heterocycles. The van der Waals surface area contributed by atoms with E-state index in [1.807, 2.05) is 0 Å². The van der Waals surface area contributed by atoms with Crippen LogP contribution in [0.25, 0.3) is 0 Å². The molecule has 0 spiro atoms. The fourth-order valence-electron chi connectivity index (χ4n) is 1.73. The lowest BCUT2D eigenvalue weighted by Crippen LogP contribution is -2.00. The zero-order valence-corrected chi connectivity index (χ0v) is 10.3. The van der Waals surface area contributed by atoms with Crippen LogP contribution in [0, 0.1) is 5.82 Å². The topological polar surface area (TPSA) is 31.2 Å². The molecule has 3 nitrogen and oxygen atoms in total. The number of carbonyl (C=O) groups is 1. The molecule has 0 N–H and O–H groups in total. The molecule has 2 rings (SSSR count). The number of benzene rings is 1. The van der Waals surface area contributed by atoms with Crippen LogP contribution in [-0.4, -0.2) is 17.5 Å². The van der Waals surface area contributed by atoms with Crippen LogP contribution in [0.5, 0.6) is 5.75 Å². The minimum atomic E-state index is -0.313. The second-order valence-corrected chi connectivity index (χ2v) is 4.09. The number of nitrogens with zero attached hydrogens (tertiary/aromatic N) is 1. The van der Waals surface area contributed by atoms with E-state index in [2.05, 4.69) is 0 Å². The first-order valence-corrected chi connectivity index (χ1v) is 5.59. The number of hydrogen-bond acceptors (Lipinski definition) is 2. The molecule has 0 unspecified atom stereocenters. The van der Waals surface area contributed by atoms with Crippen molar-refractivity contribution < 1.29 is 13.9 Å². The van der Waals surface area contributed by atoms with Gasteiger partial charge in [0, 0.05) is 36.1 Å². The smallest absolute Gasteiger partial charge is 0.161 e. The number of ether oxygens (including phenoxy) is 1. The predicted molar refractivity (Wildman–Crippen MR) is 66.5 cm³/mol. The Morgan fingerprint density at radius 2 is 2.17 bits per heavy atom. The van der Waals surface area contributed by atoms with E-state index in [1.165, 1.54) is 20.1 Å². The highest BCUT2D eigenvalue weighted by molar-refractivity contribution is 5.93. The van der Waals surface area contributed by atoms with Crippen LogP contribution in [0.1, 0.15) is 22.8 Å². The van der Waals surface area contributed by atoms with Gasteiger partial charge in [-0.3, -0.25) is 4.79 Å². The van der Waals surface area contributed by atoms with Crippen molar-refractivity contribution in [2.75, 3.05) is 7.11 Å². The SMILES string of the molecule is COc1ccc(Cn2ccc(C(C)=O)c2)c(F)c1. The first-order chi connectivity index (χ1) is 8.60. The van der Waals surface area contributed by atoms with Gasteiger partial charge in [0.15, 0.2) is 5.78 Å². The van der Waals surface area contributed by atoms with Gasteiger partial charge in [0.25, 0.3) is 0 Å². The third-order valence-electron chi connectivity index (χ3n) is 2.77. The Morgan fingerprint density at radius 3 is 2.72 bits per heavy atom. The van der Waals surface area contributed by atoms with Gasteiger partial charge < -0.3 is 9.30 Å². The standard InChI is InChI=1S/C14H14FNO2/c1-10(17)11-5-6-16(8-11)9-12-3-4-13(18-2)7-14(12)15/h3-8H,9H2,1-2H3. The second-order valence-electron chi connectivity index (χ2n) is 4.09. The van der Waals surface area contributed by atoms with Crippen molar-refractivity contribution in [1.82, 2.24) is 4.57 Å². The van der Waals surface area contributed by atoms with Crippen LogP contribution in [-0.2, 0) is 6.54 Å². The summed E-state index contributed by atoms with van der Waals surface area (Å²) >= 11 is 0. The average Bonchev–Trinajstić information content (AvgIpc) is 2.80. The average molecular weight is 247 g/mol. The third kappa shape index (κ3) is 2.59. The molecule has 1 aromatic heterocycles.